The number of nitrogens with one attached hydrogen (secondary N) is 2. The summed E-state index contributed by atoms with van der Waals surface area (Å²) in [5, 5.41) is 0. The molecule has 76 valence electrons. The number of H-pyrrole nitrogens is 2. The SMILES string of the molecule is Cn1c(=O)[nH]c(=O)c2[nH]c(C=C=O)nc21. The van der Waals surface area contributed by atoms with Crippen molar-refractivity contribution in [2.45, 2.75) is 0 Å². The average Bonchev–Trinajstić information content (AvgIpc) is 2.60. The van der Waals surface area contributed by atoms with Crippen molar-refractivity contribution in [3.63, 3.8) is 0 Å². The number of rotatable bonds is 1. The average molecular weight is 206 g/mol. The monoisotopic (exact) mass is 206 g/mol. The number of imidazole rings is 1. The van der Waals surface area contributed by atoms with Crippen molar-refractivity contribution < 1.29 is 4.79 Å². The molecule has 0 aromatic carbocycles. The van der Waals surface area contributed by atoms with Gasteiger partial charge in [-0.3, -0.25) is 14.3 Å². The quantitative estimate of drug-likeness (QED) is 0.572. The summed E-state index contributed by atoms with van der Waals surface area (Å²) in [7, 11) is 1.47. The van der Waals surface area contributed by atoms with Gasteiger partial charge in [-0.15, -0.1) is 0 Å². The van der Waals surface area contributed by atoms with E-state index in [1.807, 2.05) is 0 Å². The lowest BCUT2D eigenvalue weighted by Crippen LogP contribution is -2.28. The zero-order valence-corrected chi connectivity index (χ0v) is 7.70. The maximum atomic E-state index is 11.3. The van der Waals surface area contributed by atoms with Crippen LogP contribution in [0.2, 0.25) is 0 Å². The van der Waals surface area contributed by atoms with Crippen LogP contribution in [0, 0.1) is 0 Å². The maximum absolute atomic E-state index is 11.3. The van der Waals surface area contributed by atoms with Crippen LogP contribution in [0.4, 0.5) is 0 Å². The first-order valence-electron chi connectivity index (χ1n) is 4.03. The highest BCUT2D eigenvalue weighted by atomic mass is 16.2. The second kappa shape index (κ2) is 3.07. The predicted molar refractivity (Wildman–Crippen MR) is 52.1 cm³/mol. The van der Waals surface area contributed by atoms with Gasteiger partial charge in [-0.05, 0) is 0 Å². The van der Waals surface area contributed by atoms with E-state index in [2.05, 4.69) is 15.0 Å². The molecule has 2 aromatic rings. The van der Waals surface area contributed by atoms with E-state index >= 15 is 0 Å². The van der Waals surface area contributed by atoms with Gasteiger partial charge >= 0.3 is 5.69 Å². The Hall–Kier alpha value is -2.40. The molecular formula is C8H6N4O3. The van der Waals surface area contributed by atoms with Gasteiger partial charge in [0, 0.05) is 7.05 Å². The molecule has 0 aliphatic rings. The predicted octanol–water partition coefficient (Wildman–Crippen LogP) is -1.21. The Morgan fingerprint density at radius 2 is 2.13 bits per heavy atom. The van der Waals surface area contributed by atoms with Crippen molar-refractivity contribution in [1.82, 2.24) is 19.5 Å². The first-order chi connectivity index (χ1) is 7.13. The standard InChI is InChI=1S/C8H6N4O3/c1-12-6-5(7(14)11-8(12)15)9-4(10-6)2-3-13/h2H,1H3,(H,9,10)(H,11,14,15). The highest BCUT2D eigenvalue weighted by molar-refractivity contribution is 5.77. The number of aromatic nitrogens is 4. The normalized spacial score (nSPS) is 10.2. The van der Waals surface area contributed by atoms with Crippen LogP contribution in [0.25, 0.3) is 17.2 Å². The van der Waals surface area contributed by atoms with E-state index in [0.29, 0.717) is 0 Å². The van der Waals surface area contributed by atoms with Gasteiger partial charge in [0.15, 0.2) is 5.65 Å². The smallest absolute Gasteiger partial charge is 0.329 e. The van der Waals surface area contributed by atoms with E-state index < -0.39 is 11.2 Å². The molecule has 0 spiro atoms. The molecule has 0 saturated heterocycles. The first kappa shape index (κ1) is 9.17. The Balaban J connectivity index is 2.98. The third-order valence-corrected chi connectivity index (χ3v) is 1.97. The summed E-state index contributed by atoms with van der Waals surface area (Å²) in [6.07, 6.45) is 1.05. The fourth-order valence-corrected chi connectivity index (χ4v) is 1.25. The van der Waals surface area contributed by atoms with E-state index in [1.165, 1.54) is 17.6 Å². The second-order valence-electron chi connectivity index (χ2n) is 2.90. The summed E-state index contributed by atoms with van der Waals surface area (Å²) in [5.41, 5.74) is -0.768. The Morgan fingerprint density at radius 3 is 2.80 bits per heavy atom. The molecule has 7 nitrogen and oxygen atoms in total. The topological polar surface area (TPSA) is 101 Å². The number of hydrogen-bond donors (Lipinski definition) is 2. The molecule has 0 saturated carbocycles. The zero-order chi connectivity index (χ0) is 11.0. The van der Waals surface area contributed by atoms with Crippen molar-refractivity contribution in [3.8, 4) is 0 Å². The van der Waals surface area contributed by atoms with Crippen LogP contribution in [0.1, 0.15) is 5.82 Å². The van der Waals surface area contributed by atoms with Crippen molar-refractivity contribution >= 4 is 23.2 Å². The van der Waals surface area contributed by atoms with Gasteiger partial charge < -0.3 is 4.98 Å². The number of hydrogen-bond acceptors (Lipinski definition) is 4. The molecule has 0 fully saturated rings. The summed E-state index contributed by atoms with van der Waals surface area (Å²) in [6, 6.07) is 0. The highest BCUT2D eigenvalue weighted by Gasteiger charge is 2.08. The van der Waals surface area contributed by atoms with Gasteiger partial charge in [-0.1, -0.05) is 0 Å². The van der Waals surface area contributed by atoms with E-state index in [-0.39, 0.29) is 17.0 Å². The summed E-state index contributed by atoms with van der Waals surface area (Å²) < 4.78 is 1.18. The molecule has 0 aliphatic heterocycles. The van der Waals surface area contributed by atoms with E-state index in [1.54, 1.807) is 0 Å². The molecule has 0 atom stereocenters. The van der Waals surface area contributed by atoms with Gasteiger partial charge in [0.05, 0.1) is 6.08 Å². The molecule has 2 heterocycles. The molecule has 15 heavy (non-hydrogen) atoms. The van der Waals surface area contributed by atoms with Gasteiger partial charge in [-0.2, -0.15) is 0 Å². The Kier molecular flexibility index (Phi) is 1.88. The molecule has 0 aliphatic carbocycles. The van der Waals surface area contributed by atoms with E-state index in [4.69, 9.17) is 0 Å². The lowest BCUT2D eigenvalue weighted by atomic mass is 10.5. The third-order valence-electron chi connectivity index (χ3n) is 1.97. The fourth-order valence-electron chi connectivity index (χ4n) is 1.25. The molecule has 0 amide bonds. The fraction of sp³-hybridized carbons (Fsp3) is 0.125. The number of aromatic amines is 2. The van der Waals surface area contributed by atoms with Crippen LogP contribution in [0.3, 0.4) is 0 Å². The second-order valence-corrected chi connectivity index (χ2v) is 2.90. The Labute approximate surface area is 82.1 Å². The minimum absolute atomic E-state index is 0.151. The molecular weight excluding hydrogens is 200 g/mol. The van der Waals surface area contributed by atoms with Crippen LogP contribution in [0.15, 0.2) is 9.59 Å². The van der Waals surface area contributed by atoms with Crippen LogP contribution in [0.5, 0.6) is 0 Å². The molecule has 0 bridgehead atoms. The van der Waals surface area contributed by atoms with Crippen molar-refractivity contribution in [3.05, 3.63) is 26.7 Å². The van der Waals surface area contributed by atoms with Crippen LogP contribution in [-0.4, -0.2) is 25.5 Å². The summed E-state index contributed by atoms with van der Waals surface area (Å²) in [5.74, 6) is 1.72. The molecule has 0 unspecified atom stereocenters. The van der Waals surface area contributed by atoms with Gasteiger partial charge in [0.25, 0.3) is 5.56 Å². The molecule has 2 N–H and O–H groups in total. The third kappa shape index (κ3) is 1.31. The van der Waals surface area contributed by atoms with Gasteiger partial charge in [0.2, 0.25) is 0 Å². The minimum Gasteiger partial charge on any atom is -0.332 e. The van der Waals surface area contributed by atoms with Gasteiger partial charge in [-0.25, -0.2) is 14.6 Å². The molecule has 2 aromatic heterocycles. The maximum Gasteiger partial charge on any atom is 0.329 e. The van der Waals surface area contributed by atoms with Crippen molar-refractivity contribution in [1.29, 1.82) is 0 Å². The van der Waals surface area contributed by atoms with E-state index in [9.17, 15) is 14.4 Å². The van der Waals surface area contributed by atoms with Gasteiger partial charge in [0.1, 0.15) is 17.3 Å². The van der Waals surface area contributed by atoms with Crippen LogP contribution >= 0.6 is 0 Å². The number of nitrogens with zero attached hydrogens (tertiary/aromatic N) is 2. The molecule has 7 heteroatoms. The van der Waals surface area contributed by atoms with Crippen LogP contribution < -0.4 is 11.2 Å². The Morgan fingerprint density at radius 1 is 1.40 bits per heavy atom. The molecule has 0 radical (unpaired) electrons. The summed E-state index contributed by atoms with van der Waals surface area (Å²) in [6.45, 7) is 0. The number of fused-ring (bicyclic) bond motifs is 1. The minimum atomic E-state index is -0.564. The largest absolute Gasteiger partial charge is 0.332 e. The number of carbonyl (C=O) groups excluding carboxylic acids is 1. The lowest BCUT2D eigenvalue weighted by Gasteiger charge is -1.94. The van der Waals surface area contributed by atoms with Crippen molar-refractivity contribution in [2.75, 3.05) is 0 Å². The highest BCUT2D eigenvalue weighted by Crippen LogP contribution is 2.03. The summed E-state index contributed by atoms with van der Waals surface area (Å²) >= 11 is 0. The first-order valence-corrected chi connectivity index (χ1v) is 4.03. The zero-order valence-electron chi connectivity index (χ0n) is 7.70. The van der Waals surface area contributed by atoms with Crippen LogP contribution in [-0.2, 0) is 11.8 Å². The lowest BCUT2D eigenvalue weighted by molar-refractivity contribution is 0.570. The number of aryl methyl sites for hydroxylation is 1. The van der Waals surface area contributed by atoms with E-state index in [0.717, 1.165) is 6.08 Å². The molecule has 2 rings (SSSR count). The van der Waals surface area contributed by atoms with Crippen molar-refractivity contribution in [2.24, 2.45) is 7.05 Å². The summed E-state index contributed by atoms with van der Waals surface area (Å²) in [4.78, 5) is 41.2. The Bertz CT molecular complexity index is 684.